The Labute approximate surface area is 230 Å². The smallest absolute Gasteiger partial charge is 0.490 e. The molecule has 0 unspecified atom stereocenters. The molecule has 0 aliphatic carbocycles. The molecule has 4 rings (SSSR count). The number of halogens is 4. The number of likely N-dealkylation sites (N-methyl/N-ethyl adjacent to an activating group) is 1. The summed E-state index contributed by atoms with van der Waals surface area (Å²) in [5.41, 5.74) is 4.45. The highest BCUT2D eigenvalue weighted by molar-refractivity contribution is 6.04. The van der Waals surface area contributed by atoms with Gasteiger partial charge in [-0.1, -0.05) is 18.2 Å². The molecule has 0 spiro atoms. The maximum atomic E-state index is 13.1. The second kappa shape index (κ2) is 13.9. The van der Waals surface area contributed by atoms with E-state index in [1.807, 2.05) is 30.3 Å². The summed E-state index contributed by atoms with van der Waals surface area (Å²) in [5, 5.41) is 9.98. The summed E-state index contributed by atoms with van der Waals surface area (Å²) in [4.78, 5) is 26.1. The summed E-state index contributed by atoms with van der Waals surface area (Å²) in [6, 6.07) is 19.5. The maximum absolute atomic E-state index is 13.1. The van der Waals surface area contributed by atoms with E-state index >= 15 is 0 Å². The fourth-order valence-electron chi connectivity index (χ4n) is 4.13. The van der Waals surface area contributed by atoms with Gasteiger partial charge in [0.2, 0.25) is 0 Å². The Morgan fingerprint density at radius 1 is 0.925 bits per heavy atom. The van der Waals surface area contributed by atoms with Gasteiger partial charge in [-0.2, -0.15) is 13.2 Å². The molecule has 1 amide bonds. The zero-order chi connectivity index (χ0) is 29.3. The molecule has 3 aromatic rings. The number of hydrogen-bond donors (Lipinski definition) is 2. The Balaban J connectivity index is 0.000000559. The molecule has 0 saturated carbocycles. The van der Waals surface area contributed by atoms with E-state index in [2.05, 4.69) is 34.3 Å². The van der Waals surface area contributed by atoms with Crippen LogP contribution in [0.3, 0.4) is 0 Å². The maximum Gasteiger partial charge on any atom is 0.490 e. The van der Waals surface area contributed by atoms with Crippen molar-refractivity contribution in [3.05, 3.63) is 83.7 Å². The number of nitrogens with one attached hydrogen (secondary N) is 1. The van der Waals surface area contributed by atoms with E-state index in [1.54, 1.807) is 7.11 Å². The number of benzene rings is 3. The SMILES string of the molecule is COc1ccc(-c2ccc(NC(=O)c3ccc(F)cc3)cc2)cc1CN1CCCN(C)CC1.O=C(O)C(F)(F)F. The zero-order valence-corrected chi connectivity index (χ0v) is 22.2. The summed E-state index contributed by atoms with van der Waals surface area (Å²) in [6.07, 6.45) is -3.91. The van der Waals surface area contributed by atoms with Crippen molar-refractivity contribution in [1.82, 2.24) is 9.80 Å². The number of methoxy groups -OCH3 is 1. The Hall–Kier alpha value is -3.96. The molecule has 1 saturated heterocycles. The predicted molar refractivity (Wildman–Crippen MR) is 144 cm³/mol. The average Bonchev–Trinajstić information content (AvgIpc) is 3.13. The minimum Gasteiger partial charge on any atom is -0.496 e. The van der Waals surface area contributed by atoms with E-state index < -0.39 is 12.1 Å². The van der Waals surface area contributed by atoms with Gasteiger partial charge in [0.25, 0.3) is 5.91 Å². The molecule has 40 heavy (non-hydrogen) atoms. The molecule has 0 bridgehead atoms. The Morgan fingerprint density at radius 3 is 2.15 bits per heavy atom. The Bertz CT molecular complexity index is 1280. The van der Waals surface area contributed by atoms with Gasteiger partial charge in [-0.05, 0) is 86.2 Å². The van der Waals surface area contributed by atoms with Gasteiger partial charge in [0.15, 0.2) is 0 Å². The monoisotopic (exact) mass is 561 g/mol. The molecule has 1 fully saturated rings. The number of carboxylic acid groups (broad SMARTS) is 1. The summed E-state index contributed by atoms with van der Waals surface area (Å²) in [5.74, 6) is -2.48. The number of ether oxygens (including phenoxy) is 1. The zero-order valence-electron chi connectivity index (χ0n) is 22.2. The average molecular weight is 562 g/mol. The third-order valence-corrected chi connectivity index (χ3v) is 6.31. The second-order valence-corrected chi connectivity index (χ2v) is 9.30. The van der Waals surface area contributed by atoms with Crippen LogP contribution in [0.15, 0.2) is 66.7 Å². The largest absolute Gasteiger partial charge is 0.496 e. The first kappa shape index (κ1) is 30.6. The highest BCUT2D eigenvalue weighted by atomic mass is 19.4. The first-order valence-electron chi connectivity index (χ1n) is 12.5. The predicted octanol–water partition coefficient (Wildman–Crippen LogP) is 5.52. The summed E-state index contributed by atoms with van der Waals surface area (Å²) in [7, 11) is 3.89. The fraction of sp³-hybridized carbons (Fsp3) is 0.310. The second-order valence-electron chi connectivity index (χ2n) is 9.30. The first-order chi connectivity index (χ1) is 19.0. The third kappa shape index (κ3) is 9.06. The van der Waals surface area contributed by atoms with Crippen LogP contribution in [-0.4, -0.2) is 73.3 Å². The number of amides is 1. The van der Waals surface area contributed by atoms with Crippen LogP contribution in [0.5, 0.6) is 5.75 Å². The van der Waals surface area contributed by atoms with Gasteiger partial charge in [-0.25, -0.2) is 9.18 Å². The molecule has 1 aliphatic rings. The van der Waals surface area contributed by atoms with Crippen LogP contribution in [0.1, 0.15) is 22.3 Å². The Morgan fingerprint density at radius 2 is 1.55 bits per heavy atom. The van der Waals surface area contributed by atoms with E-state index in [9.17, 15) is 22.4 Å². The molecule has 0 atom stereocenters. The van der Waals surface area contributed by atoms with Gasteiger partial charge in [0.05, 0.1) is 7.11 Å². The molecule has 1 aliphatic heterocycles. The molecular formula is C29H31F4N3O4. The van der Waals surface area contributed by atoms with Crippen molar-refractivity contribution < 1.29 is 37.0 Å². The minimum absolute atomic E-state index is 0.266. The van der Waals surface area contributed by atoms with Crippen molar-refractivity contribution in [2.45, 2.75) is 19.1 Å². The molecule has 2 N–H and O–H groups in total. The number of rotatable bonds is 6. The van der Waals surface area contributed by atoms with Crippen LogP contribution >= 0.6 is 0 Å². The lowest BCUT2D eigenvalue weighted by Gasteiger charge is -2.22. The normalized spacial score (nSPS) is 14.4. The van der Waals surface area contributed by atoms with Crippen LogP contribution in [0.4, 0.5) is 23.2 Å². The van der Waals surface area contributed by atoms with Gasteiger partial charge < -0.3 is 20.1 Å². The van der Waals surface area contributed by atoms with Crippen molar-refractivity contribution in [3.63, 3.8) is 0 Å². The summed E-state index contributed by atoms with van der Waals surface area (Å²) in [6.45, 7) is 5.20. The van der Waals surface area contributed by atoms with Crippen molar-refractivity contribution >= 4 is 17.6 Å². The van der Waals surface area contributed by atoms with Crippen LogP contribution < -0.4 is 10.1 Å². The van der Waals surface area contributed by atoms with E-state index in [0.29, 0.717) is 11.3 Å². The minimum atomic E-state index is -5.08. The van der Waals surface area contributed by atoms with Crippen LogP contribution in [-0.2, 0) is 11.3 Å². The fourth-order valence-corrected chi connectivity index (χ4v) is 4.13. The highest BCUT2D eigenvalue weighted by Gasteiger charge is 2.38. The summed E-state index contributed by atoms with van der Waals surface area (Å²) < 4.78 is 50.4. The summed E-state index contributed by atoms with van der Waals surface area (Å²) >= 11 is 0. The molecular weight excluding hydrogens is 530 g/mol. The van der Waals surface area contributed by atoms with Gasteiger partial charge >= 0.3 is 12.1 Å². The van der Waals surface area contributed by atoms with Gasteiger partial charge in [-0.15, -0.1) is 0 Å². The van der Waals surface area contributed by atoms with Gasteiger partial charge in [0, 0.05) is 36.4 Å². The molecule has 3 aromatic carbocycles. The van der Waals surface area contributed by atoms with Crippen LogP contribution in [0.25, 0.3) is 11.1 Å². The van der Waals surface area contributed by atoms with Crippen molar-refractivity contribution in [1.29, 1.82) is 0 Å². The topological polar surface area (TPSA) is 82.1 Å². The van der Waals surface area contributed by atoms with E-state index in [1.165, 1.54) is 36.2 Å². The number of carbonyl (C=O) groups excluding carboxylic acids is 1. The molecule has 7 nitrogen and oxygen atoms in total. The highest BCUT2D eigenvalue weighted by Crippen LogP contribution is 2.29. The number of carbonyl (C=O) groups is 2. The molecule has 0 radical (unpaired) electrons. The number of alkyl halides is 3. The molecule has 1 heterocycles. The number of aliphatic carboxylic acids is 1. The molecule has 214 valence electrons. The molecule has 0 aromatic heterocycles. The lowest BCUT2D eigenvalue weighted by atomic mass is 10.0. The number of hydrogen-bond acceptors (Lipinski definition) is 5. The van der Waals surface area contributed by atoms with Crippen molar-refractivity contribution in [3.8, 4) is 16.9 Å². The van der Waals surface area contributed by atoms with Gasteiger partial charge in [0.1, 0.15) is 11.6 Å². The number of carboxylic acids is 1. The Kier molecular flexibility index (Phi) is 10.6. The molecule has 11 heteroatoms. The number of nitrogens with zero attached hydrogens (tertiary/aromatic N) is 2. The lowest BCUT2D eigenvalue weighted by molar-refractivity contribution is -0.192. The van der Waals surface area contributed by atoms with Crippen LogP contribution in [0, 0.1) is 5.82 Å². The quantitative estimate of drug-likeness (QED) is 0.386. The lowest BCUT2D eigenvalue weighted by Crippen LogP contribution is -2.28. The standard InChI is InChI=1S/C27H30FN3O2.C2HF3O2/c1-30-14-3-15-31(17-16-30)19-23-18-22(8-13-26(23)33-2)20-6-11-25(12-7-20)29-27(32)21-4-9-24(28)10-5-21;3-2(4,5)1(6)7/h4-13,18H,3,14-17,19H2,1-2H3,(H,29,32);(H,6,7). The first-order valence-corrected chi connectivity index (χ1v) is 12.5. The third-order valence-electron chi connectivity index (χ3n) is 6.31. The van der Waals surface area contributed by atoms with Crippen molar-refractivity contribution in [2.75, 3.05) is 45.7 Å². The van der Waals surface area contributed by atoms with E-state index in [4.69, 9.17) is 14.6 Å². The van der Waals surface area contributed by atoms with Crippen molar-refractivity contribution in [2.24, 2.45) is 0 Å². The van der Waals surface area contributed by atoms with Crippen LogP contribution in [0.2, 0.25) is 0 Å². The van der Waals surface area contributed by atoms with E-state index in [0.717, 1.165) is 49.6 Å². The van der Waals surface area contributed by atoms with E-state index in [-0.39, 0.29) is 11.7 Å². The van der Waals surface area contributed by atoms with Gasteiger partial charge in [-0.3, -0.25) is 9.69 Å². The number of anilines is 1.